The average Bonchev–Trinajstić information content (AvgIpc) is 2.30. The van der Waals surface area contributed by atoms with Crippen molar-refractivity contribution in [2.45, 2.75) is 19.6 Å². The number of hydrogen-bond donors (Lipinski definition) is 2. The lowest BCUT2D eigenvalue weighted by Gasteiger charge is -2.16. The predicted molar refractivity (Wildman–Crippen MR) is 74.1 cm³/mol. The number of aliphatic hydroxyl groups excluding tert-OH is 1. The van der Waals surface area contributed by atoms with Crippen LogP contribution in [-0.2, 0) is 6.54 Å². The van der Waals surface area contributed by atoms with Crippen molar-refractivity contribution in [3.05, 3.63) is 39.4 Å². The van der Waals surface area contributed by atoms with Crippen LogP contribution >= 0.6 is 0 Å². The summed E-state index contributed by atoms with van der Waals surface area (Å²) in [5, 5.41) is 23.6. The molecule has 1 aromatic carbocycles. The fourth-order valence-electron chi connectivity index (χ4n) is 1.92. The van der Waals surface area contributed by atoms with E-state index in [1.807, 2.05) is 25.1 Å². The summed E-state index contributed by atoms with van der Waals surface area (Å²) in [5.74, 6) is 0. The summed E-state index contributed by atoms with van der Waals surface area (Å²) < 4.78 is 0. The van der Waals surface area contributed by atoms with E-state index in [-0.39, 0.29) is 10.6 Å². The van der Waals surface area contributed by atoms with Gasteiger partial charge in [0.25, 0.3) is 5.69 Å². The summed E-state index contributed by atoms with van der Waals surface area (Å²) in [6.07, 6.45) is -0.450. The number of nitrogens with zero attached hydrogens (tertiary/aromatic N) is 2. The maximum absolute atomic E-state index is 10.8. The molecule has 0 bridgehead atoms. The molecule has 0 aliphatic heterocycles. The van der Waals surface area contributed by atoms with Crippen molar-refractivity contribution in [1.29, 1.82) is 0 Å². The summed E-state index contributed by atoms with van der Waals surface area (Å²) in [6.45, 7) is 3.30. The van der Waals surface area contributed by atoms with Crippen LogP contribution in [0.3, 0.4) is 0 Å². The van der Waals surface area contributed by atoms with Crippen LogP contribution in [0.1, 0.15) is 11.1 Å². The number of benzene rings is 1. The largest absolute Gasteiger partial charge is 0.390 e. The first kappa shape index (κ1) is 15.6. The van der Waals surface area contributed by atoms with Crippen LogP contribution in [0.5, 0.6) is 0 Å². The summed E-state index contributed by atoms with van der Waals surface area (Å²) in [4.78, 5) is 12.3. The van der Waals surface area contributed by atoms with E-state index in [1.54, 1.807) is 13.0 Å². The highest BCUT2D eigenvalue weighted by Gasteiger charge is 2.13. The molecule has 0 saturated carbocycles. The minimum atomic E-state index is -0.450. The number of hydrogen-bond acceptors (Lipinski definition) is 5. The fraction of sp³-hybridized carbons (Fsp3) is 0.538. The number of aliphatic hydroxyl groups is 1. The Morgan fingerprint density at radius 3 is 2.74 bits per heavy atom. The van der Waals surface area contributed by atoms with Gasteiger partial charge >= 0.3 is 0 Å². The second kappa shape index (κ2) is 7.18. The van der Waals surface area contributed by atoms with E-state index < -0.39 is 6.10 Å². The monoisotopic (exact) mass is 267 g/mol. The van der Waals surface area contributed by atoms with E-state index in [1.165, 1.54) is 6.07 Å². The second-order valence-electron chi connectivity index (χ2n) is 4.87. The zero-order valence-corrected chi connectivity index (χ0v) is 11.6. The van der Waals surface area contributed by atoms with Crippen molar-refractivity contribution >= 4 is 5.69 Å². The quantitative estimate of drug-likeness (QED) is 0.567. The van der Waals surface area contributed by atoms with E-state index in [0.717, 1.165) is 5.56 Å². The number of nitro benzene ring substituents is 1. The van der Waals surface area contributed by atoms with Crippen molar-refractivity contribution in [2.75, 3.05) is 27.2 Å². The maximum Gasteiger partial charge on any atom is 0.272 e. The molecule has 0 aliphatic rings. The van der Waals surface area contributed by atoms with Crippen LogP contribution < -0.4 is 5.32 Å². The molecule has 1 atom stereocenters. The molecule has 2 N–H and O–H groups in total. The van der Waals surface area contributed by atoms with Gasteiger partial charge in [0, 0.05) is 31.3 Å². The summed E-state index contributed by atoms with van der Waals surface area (Å²) >= 11 is 0. The first-order valence-electron chi connectivity index (χ1n) is 6.18. The Labute approximate surface area is 113 Å². The Kier molecular flexibility index (Phi) is 5.88. The van der Waals surface area contributed by atoms with Crippen LogP contribution in [0, 0.1) is 17.0 Å². The van der Waals surface area contributed by atoms with E-state index in [9.17, 15) is 15.2 Å². The van der Waals surface area contributed by atoms with Gasteiger partial charge in [0.05, 0.1) is 11.0 Å². The van der Waals surface area contributed by atoms with Gasteiger partial charge < -0.3 is 15.3 Å². The average molecular weight is 267 g/mol. The molecule has 1 unspecified atom stereocenters. The Hall–Kier alpha value is -1.50. The molecular weight excluding hydrogens is 246 g/mol. The van der Waals surface area contributed by atoms with Gasteiger partial charge in [-0.1, -0.05) is 12.1 Å². The molecule has 0 saturated heterocycles. The van der Waals surface area contributed by atoms with E-state index in [2.05, 4.69) is 5.32 Å². The molecule has 0 spiro atoms. The van der Waals surface area contributed by atoms with Crippen LogP contribution in [-0.4, -0.2) is 48.2 Å². The zero-order chi connectivity index (χ0) is 14.4. The molecular formula is C13H21N3O3. The number of rotatable bonds is 7. The third-order valence-corrected chi connectivity index (χ3v) is 2.89. The van der Waals surface area contributed by atoms with Gasteiger partial charge in [-0.15, -0.1) is 0 Å². The van der Waals surface area contributed by atoms with Crippen LogP contribution in [0.4, 0.5) is 5.69 Å². The standard InChI is InChI=1S/C13H21N3O3/c1-10-11(5-4-6-13(10)16(18)19)7-14-8-12(17)9-15(2)3/h4-6,12,14,17H,7-9H2,1-3H3. The SMILES string of the molecule is Cc1c(CNCC(O)CN(C)C)cccc1[N+](=O)[O-]. The molecule has 6 heteroatoms. The molecule has 0 fully saturated rings. The number of likely N-dealkylation sites (N-methyl/N-ethyl adjacent to an activating group) is 1. The molecule has 0 aromatic heterocycles. The molecule has 0 radical (unpaired) electrons. The number of nitrogens with one attached hydrogen (secondary N) is 1. The van der Waals surface area contributed by atoms with Gasteiger partial charge in [0.2, 0.25) is 0 Å². The smallest absolute Gasteiger partial charge is 0.272 e. The highest BCUT2D eigenvalue weighted by atomic mass is 16.6. The van der Waals surface area contributed by atoms with E-state index in [0.29, 0.717) is 25.2 Å². The van der Waals surface area contributed by atoms with Crippen LogP contribution in [0.15, 0.2) is 18.2 Å². The van der Waals surface area contributed by atoms with Crippen molar-refractivity contribution in [3.63, 3.8) is 0 Å². The summed E-state index contributed by atoms with van der Waals surface area (Å²) in [5.41, 5.74) is 1.68. The van der Waals surface area contributed by atoms with Gasteiger partial charge in [0.1, 0.15) is 0 Å². The highest BCUT2D eigenvalue weighted by molar-refractivity contribution is 5.44. The van der Waals surface area contributed by atoms with E-state index in [4.69, 9.17) is 0 Å². The van der Waals surface area contributed by atoms with Crippen molar-refractivity contribution < 1.29 is 10.0 Å². The summed E-state index contributed by atoms with van der Waals surface area (Å²) in [7, 11) is 3.79. The molecule has 19 heavy (non-hydrogen) atoms. The highest BCUT2D eigenvalue weighted by Crippen LogP contribution is 2.20. The minimum absolute atomic E-state index is 0.133. The van der Waals surface area contributed by atoms with Gasteiger partial charge in [0.15, 0.2) is 0 Å². The normalized spacial score (nSPS) is 12.7. The molecule has 1 rings (SSSR count). The summed E-state index contributed by atoms with van der Waals surface area (Å²) in [6, 6.07) is 5.03. The third kappa shape index (κ3) is 4.94. The Morgan fingerprint density at radius 1 is 1.47 bits per heavy atom. The topological polar surface area (TPSA) is 78.6 Å². The molecule has 0 amide bonds. The van der Waals surface area contributed by atoms with E-state index >= 15 is 0 Å². The maximum atomic E-state index is 10.8. The van der Waals surface area contributed by atoms with Crippen LogP contribution in [0.2, 0.25) is 0 Å². The van der Waals surface area contributed by atoms with Gasteiger partial charge in [-0.05, 0) is 26.6 Å². The Bertz CT molecular complexity index is 435. The Balaban J connectivity index is 2.54. The second-order valence-corrected chi connectivity index (χ2v) is 4.87. The van der Waals surface area contributed by atoms with Crippen molar-refractivity contribution in [1.82, 2.24) is 10.2 Å². The minimum Gasteiger partial charge on any atom is -0.390 e. The molecule has 0 aliphatic carbocycles. The zero-order valence-electron chi connectivity index (χ0n) is 11.6. The lowest BCUT2D eigenvalue weighted by atomic mass is 10.1. The fourth-order valence-corrected chi connectivity index (χ4v) is 1.92. The van der Waals surface area contributed by atoms with Crippen LogP contribution in [0.25, 0.3) is 0 Å². The lowest BCUT2D eigenvalue weighted by molar-refractivity contribution is -0.385. The molecule has 6 nitrogen and oxygen atoms in total. The Morgan fingerprint density at radius 2 is 2.16 bits per heavy atom. The van der Waals surface area contributed by atoms with Gasteiger partial charge in [-0.25, -0.2) is 0 Å². The van der Waals surface area contributed by atoms with Gasteiger partial charge in [-0.2, -0.15) is 0 Å². The molecule has 106 valence electrons. The number of nitro groups is 1. The van der Waals surface area contributed by atoms with Crippen molar-refractivity contribution in [2.24, 2.45) is 0 Å². The predicted octanol–water partition coefficient (Wildman–Crippen LogP) is 0.915. The first-order valence-corrected chi connectivity index (χ1v) is 6.18. The molecule has 1 aromatic rings. The van der Waals surface area contributed by atoms with Gasteiger partial charge in [-0.3, -0.25) is 10.1 Å². The third-order valence-electron chi connectivity index (χ3n) is 2.89. The van der Waals surface area contributed by atoms with Crippen molar-refractivity contribution in [3.8, 4) is 0 Å². The molecule has 0 heterocycles. The first-order chi connectivity index (χ1) is 8.91. The lowest BCUT2D eigenvalue weighted by Crippen LogP contribution is -2.34.